The fourth-order valence-electron chi connectivity index (χ4n) is 2.67. The van der Waals surface area contributed by atoms with Crippen molar-refractivity contribution in [1.82, 2.24) is 5.32 Å². The molecular weight excluding hydrogens is 264 g/mol. The highest BCUT2D eigenvalue weighted by atomic mass is 16.2. The number of nitrogens with zero attached hydrogens (tertiary/aromatic N) is 1. The molecule has 0 bridgehead atoms. The van der Waals surface area contributed by atoms with Crippen LogP contribution in [0.4, 0.5) is 5.69 Å². The van der Waals surface area contributed by atoms with Crippen LogP contribution in [0.5, 0.6) is 0 Å². The Kier molecular flexibility index (Phi) is 4.66. The summed E-state index contributed by atoms with van der Waals surface area (Å²) in [5, 5.41) is 2.92. The van der Waals surface area contributed by atoms with Gasteiger partial charge < -0.3 is 10.2 Å². The number of benzene rings is 1. The van der Waals surface area contributed by atoms with Crippen LogP contribution in [0.2, 0.25) is 0 Å². The first kappa shape index (κ1) is 15.5. The smallest absolute Gasteiger partial charge is 0.227 e. The van der Waals surface area contributed by atoms with E-state index in [1.807, 2.05) is 26.0 Å². The lowest BCUT2D eigenvalue weighted by Gasteiger charge is -2.19. The van der Waals surface area contributed by atoms with Crippen LogP contribution in [0.15, 0.2) is 18.2 Å². The lowest BCUT2D eigenvalue weighted by molar-refractivity contribution is -0.126. The first-order valence-corrected chi connectivity index (χ1v) is 7.53. The number of carbonyl (C=O) groups is 2. The van der Waals surface area contributed by atoms with Gasteiger partial charge >= 0.3 is 0 Å². The topological polar surface area (TPSA) is 49.4 Å². The molecule has 1 aromatic carbocycles. The molecule has 2 rings (SSSR count). The summed E-state index contributed by atoms with van der Waals surface area (Å²) < 4.78 is 0. The van der Waals surface area contributed by atoms with E-state index < -0.39 is 0 Å². The molecule has 0 aromatic heterocycles. The quantitative estimate of drug-likeness (QED) is 0.925. The molecule has 4 nitrogen and oxygen atoms in total. The molecule has 0 spiro atoms. The van der Waals surface area contributed by atoms with Crippen LogP contribution in [0.1, 0.15) is 31.4 Å². The second-order valence-corrected chi connectivity index (χ2v) is 6.33. The van der Waals surface area contributed by atoms with Crippen molar-refractivity contribution in [3.05, 3.63) is 29.3 Å². The van der Waals surface area contributed by atoms with Crippen LogP contribution < -0.4 is 10.2 Å². The summed E-state index contributed by atoms with van der Waals surface area (Å²) in [7, 11) is 0. The van der Waals surface area contributed by atoms with E-state index in [1.165, 1.54) is 5.56 Å². The maximum Gasteiger partial charge on any atom is 0.227 e. The van der Waals surface area contributed by atoms with E-state index in [-0.39, 0.29) is 17.7 Å². The lowest BCUT2D eigenvalue weighted by atomic mass is 10.1. The van der Waals surface area contributed by atoms with Gasteiger partial charge in [0.05, 0.1) is 5.92 Å². The predicted molar refractivity (Wildman–Crippen MR) is 84.2 cm³/mol. The van der Waals surface area contributed by atoms with E-state index in [2.05, 4.69) is 25.2 Å². The van der Waals surface area contributed by atoms with E-state index in [0.717, 1.165) is 11.3 Å². The van der Waals surface area contributed by atoms with Crippen LogP contribution in [0, 0.1) is 25.7 Å². The Bertz CT molecular complexity index is 552. The lowest BCUT2D eigenvalue weighted by Crippen LogP contribution is -2.35. The van der Waals surface area contributed by atoms with Crippen molar-refractivity contribution in [2.24, 2.45) is 11.8 Å². The minimum absolute atomic E-state index is 0.00989. The van der Waals surface area contributed by atoms with Gasteiger partial charge in [-0.1, -0.05) is 31.5 Å². The predicted octanol–water partition coefficient (Wildman–Crippen LogP) is 2.43. The third-order valence-corrected chi connectivity index (χ3v) is 3.82. The van der Waals surface area contributed by atoms with Gasteiger partial charge in [0.25, 0.3) is 0 Å². The second kappa shape index (κ2) is 6.29. The Morgan fingerprint density at radius 1 is 1.38 bits per heavy atom. The summed E-state index contributed by atoms with van der Waals surface area (Å²) in [4.78, 5) is 26.1. The van der Waals surface area contributed by atoms with Crippen molar-refractivity contribution in [1.29, 1.82) is 0 Å². The first-order valence-electron chi connectivity index (χ1n) is 7.53. The molecule has 1 aromatic rings. The summed E-state index contributed by atoms with van der Waals surface area (Å²) in [5.74, 6) is 0.203. The normalized spacial score (nSPS) is 18.4. The van der Waals surface area contributed by atoms with Crippen molar-refractivity contribution in [3.8, 4) is 0 Å². The van der Waals surface area contributed by atoms with Gasteiger partial charge in [-0.15, -0.1) is 0 Å². The molecule has 4 heteroatoms. The van der Waals surface area contributed by atoms with Gasteiger partial charge in [0, 0.05) is 25.2 Å². The minimum atomic E-state index is -0.239. The molecule has 1 saturated heterocycles. The number of hydrogen-bond acceptors (Lipinski definition) is 2. The first-order chi connectivity index (χ1) is 9.88. The zero-order valence-electron chi connectivity index (χ0n) is 13.3. The summed E-state index contributed by atoms with van der Waals surface area (Å²) in [6.45, 7) is 9.29. The zero-order valence-corrected chi connectivity index (χ0v) is 13.3. The minimum Gasteiger partial charge on any atom is -0.356 e. The van der Waals surface area contributed by atoms with Gasteiger partial charge in [-0.25, -0.2) is 0 Å². The number of anilines is 1. The molecule has 0 saturated carbocycles. The molecule has 21 heavy (non-hydrogen) atoms. The van der Waals surface area contributed by atoms with Gasteiger partial charge in [0.2, 0.25) is 11.8 Å². The standard InChI is InChI=1S/C17H24N2O2/c1-11(2)9-18-17(21)14-8-16(20)19(10-14)15-6-5-12(3)7-13(15)4/h5-7,11,14H,8-10H2,1-4H3,(H,18,21)/t14-/m1/s1. The monoisotopic (exact) mass is 288 g/mol. The van der Waals surface area contributed by atoms with E-state index in [9.17, 15) is 9.59 Å². The van der Waals surface area contributed by atoms with Crippen LogP contribution >= 0.6 is 0 Å². The summed E-state index contributed by atoms with van der Waals surface area (Å²) in [6.07, 6.45) is 0.303. The Labute approximate surface area is 126 Å². The largest absolute Gasteiger partial charge is 0.356 e. The summed E-state index contributed by atoms with van der Waals surface area (Å²) >= 11 is 0. The molecule has 0 aliphatic carbocycles. The van der Waals surface area contributed by atoms with Crippen LogP contribution in [-0.2, 0) is 9.59 Å². The van der Waals surface area contributed by atoms with E-state index in [4.69, 9.17) is 0 Å². The van der Waals surface area contributed by atoms with Crippen LogP contribution in [-0.4, -0.2) is 24.9 Å². The van der Waals surface area contributed by atoms with E-state index in [0.29, 0.717) is 25.4 Å². The molecule has 1 fully saturated rings. The molecule has 1 aliphatic rings. The van der Waals surface area contributed by atoms with Crippen LogP contribution in [0.25, 0.3) is 0 Å². The third kappa shape index (κ3) is 3.63. The highest BCUT2D eigenvalue weighted by Crippen LogP contribution is 2.28. The number of rotatable bonds is 4. The Balaban J connectivity index is 2.07. The molecule has 0 unspecified atom stereocenters. The maximum atomic E-state index is 12.2. The van der Waals surface area contributed by atoms with Crippen molar-refractivity contribution in [3.63, 3.8) is 0 Å². The highest BCUT2D eigenvalue weighted by molar-refractivity contribution is 6.00. The average molecular weight is 288 g/mol. The van der Waals surface area contributed by atoms with Gasteiger partial charge in [0.15, 0.2) is 0 Å². The van der Waals surface area contributed by atoms with Gasteiger partial charge in [0.1, 0.15) is 0 Å². The molecule has 1 atom stereocenters. The van der Waals surface area contributed by atoms with Gasteiger partial charge in [-0.3, -0.25) is 9.59 Å². The Morgan fingerprint density at radius 2 is 2.10 bits per heavy atom. The number of hydrogen-bond donors (Lipinski definition) is 1. The molecule has 114 valence electrons. The van der Waals surface area contributed by atoms with Crippen LogP contribution in [0.3, 0.4) is 0 Å². The molecule has 2 amide bonds. The molecular formula is C17H24N2O2. The number of carbonyl (C=O) groups excluding carboxylic acids is 2. The summed E-state index contributed by atoms with van der Waals surface area (Å²) in [5.41, 5.74) is 3.17. The number of aryl methyl sites for hydroxylation is 2. The van der Waals surface area contributed by atoms with Gasteiger partial charge in [-0.05, 0) is 31.4 Å². The van der Waals surface area contributed by atoms with Crippen molar-refractivity contribution < 1.29 is 9.59 Å². The second-order valence-electron chi connectivity index (χ2n) is 6.33. The Hall–Kier alpha value is -1.84. The molecule has 1 N–H and O–H groups in total. The average Bonchev–Trinajstić information content (AvgIpc) is 2.78. The summed E-state index contributed by atoms with van der Waals surface area (Å²) in [6, 6.07) is 6.04. The SMILES string of the molecule is Cc1ccc(N2C[C@H](C(=O)NCC(C)C)CC2=O)c(C)c1. The fraction of sp³-hybridized carbons (Fsp3) is 0.529. The van der Waals surface area contributed by atoms with Gasteiger partial charge in [-0.2, -0.15) is 0 Å². The van der Waals surface area contributed by atoms with Crippen molar-refractivity contribution >= 4 is 17.5 Å². The highest BCUT2D eigenvalue weighted by Gasteiger charge is 2.35. The van der Waals surface area contributed by atoms with Crippen molar-refractivity contribution in [2.75, 3.05) is 18.0 Å². The Morgan fingerprint density at radius 3 is 2.71 bits per heavy atom. The maximum absolute atomic E-state index is 12.2. The van der Waals surface area contributed by atoms with E-state index >= 15 is 0 Å². The zero-order chi connectivity index (χ0) is 15.6. The van der Waals surface area contributed by atoms with E-state index in [1.54, 1.807) is 4.90 Å². The number of nitrogens with one attached hydrogen (secondary N) is 1. The fourth-order valence-corrected chi connectivity index (χ4v) is 2.67. The molecule has 0 radical (unpaired) electrons. The van der Waals surface area contributed by atoms with Crippen molar-refractivity contribution in [2.45, 2.75) is 34.1 Å². The molecule has 1 aliphatic heterocycles. The third-order valence-electron chi connectivity index (χ3n) is 3.82. The molecule has 1 heterocycles. The number of amides is 2.